The van der Waals surface area contributed by atoms with Gasteiger partial charge in [0, 0.05) is 25.7 Å². The van der Waals surface area contributed by atoms with Gasteiger partial charge in [-0.3, -0.25) is 4.90 Å². The molecule has 0 saturated carbocycles. The van der Waals surface area contributed by atoms with Crippen LogP contribution in [0.15, 0.2) is 48.5 Å². The van der Waals surface area contributed by atoms with Crippen molar-refractivity contribution in [2.24, 2.45) is 11.7 Å². The molecule has 2 heteroatoms. The smallest absolute Gasteiger partial charge is 0.0236 e. The Kier molecular flexibility index (Phi) is 4.19. The van der Waals surface area contributed by atoms with Gasteiger partial charge in [-0.2, -0.15) is 0 Å². The molecule has 2 nitrogen and oxygen atoms in total. The first-order valence-electron chi connectivity index (χ1n) is 8.90. The molecular weight excluding hydrogens is 280 g/mol. The average Bonchev–Trinajstić information content (AvgIpc) is 2.56. The second-order valence-electron chi connectivity index (χ2n) is 7.22. The first kappa shape index (κ1) is 14.9. The molecule has 2 N–H and O–H groups in total. The standard InChI is InChI=1S/C21H26N2/c22-13-16-5-7-17(8-6-16)14-23-15-18-9-10-21(23)12-20-4-2-1-3-19(20)11-18/h1-8,18,21H,9-15,22H2/t18-,21+/m1/s1. The molecule has 3 aliphatic rings. The van der Waals surface area contributed by atoms with Crippen LogP contribution in [0.3, 0.4) is 0 Å². The van der Waals surface area contributed by atoms with Crippen LogP contribution in [0.4, 0.5) is 0 Å². The van der Waals surface area contributed by atoms with Crippen molar-refractivity contribution >= 4 is 0 Å². The average molecular weight is 306 g/mol. The third kappa shape index (κ3) is 3.19. The summed E-state index contributed by atoms with van der Waals surface area (Å²) in [6.45, 7) is 2.96. The summed E-state index contributed by atoms with van der Waals surface area (Å²) in [7, 11) is 0. The van der Waals surface area contributed by atoms with Gasteiger partial charge < -0.3 is 5.73 Å². The van der Waals surface area contributed by atoms with Crippen LogP contribution >= 0.6 is 0 Å². The monoisotopic (exact) mass is 306 g/mol. The Morgan fingerprint density at radius 2 is 1.57 bits per heavy atom. The zero-order chi connectivity index (χ0) is 15.6. The summed E-state index contributed by atoms with van der Waals surface area (Å²) in [5, 5.41) is 0. The number of hydrogen-bond acceptors (Lipinski definition) is 2. The number of nitrogens with two attached hydrogens (primary N) is 1. The molecule has 0 amide bonds. The van der Waals surface area contributed by atoms with E-state index < -0.39 is 0 Å². The van der Waals surface area contributed by atoms with Crippen LogP contribution in [0.5, 0.6) is 0 Å². The molecule has 0 spiro atoms. The molecule has 1 fully saturated rings. The van der Waals surface area contributed by atoms with Gasteiger partial charge in [0.25, 0.3) is 0 Å². The van der Waals surface area contributed by atoms with Crippen molar-refractivity contribution in [2.75, 3.05) is 6.54 Å². The van der Waals surface area contributed by atoms with Crippen molar-refractivity contribution in [3.05, 3.63) is 70.8 Å². The van der Waals surface area contributed by atoms with E-state index in [1.165, 1.54) is 43.4 Å². The summed E-state index contributed by atoms with van der Waals surface area (Å²) in [4.78, 5) is 2.72. The van der Waals surface area contributed by atoms with Crippen LogP contribution in [-0.4, -0.2) is 17.5 Å². The van der Waals surface area contributed by atoms with Crippen molar-refractivity contribution in [3.8, 4) is 0 Å². The van der Waals surface area contributed by atoms with Gasteiger partial charge in [-0.1, -0.05) is 48.5 Å². The first-order valence-corrected chi connectivity index (χ1v) is 8.90. The predicted molar refractivity (Wildman–Crippen MR) is 95.1 cm³/mol. The summed E-state index contributed by atoms with van der Waals surface area (Å²) < 4.78 is 0. The predicted octanol–water partition coefficient (Wildman–Crippen LogP) is 3.52. The van der Waals surface area contributed by atoms with E-state index in [-0.39, 0.29) is 0 Å². The number of piperidine rings is 1. The fourth-order valence-corrected chi connectivity index (χ4v) is 4.31. The van der Waals surface area contributed by atoms with E-state index in [2.05, 4.69) is 53.4 Å². The van der Waals surface area contributed by atoms with Crippen LogP contribution in [0.25, 0.3) is 0 Å². The Morgan fingerprint density at radius 3 is 2.30 bits per heavy atom. The summed E-state index contributed by atoms with van der Waals surface area (Å²) in [5.41, 5.74) is 11.5. The summed E-state index contributed by atoms with van der Waals surface area (Å²) in [6, 6.07) is 18.6. The minimum Gasteiger partial charge on any atom is -0.326 e. The van der Waals surface area contributed by atoms with Crippen molar-refractivity contribution in [3.63, 3.8) is 0 Å². The molecule has 1 saturated heterocycles. The molecule has 5 rings (SSSR count). The third-order valence-corrected chi connectivity index (χ3v) is 5.64. The number of benzene rings is 2. The van der Waals surface area contributed by atoms with E-state index >= 15 is 0 Å². The van der Waals surface area contributed by atoms with E-state index in [9.17, 15) is 0 Å². The van der Waals surface area contributed by atoms with Gasteiger partial charge in [0.1, 0.15) is 0 Å². The lowest BCUT2D eigenvalue weighted by atomic mass is 9.80. The molecule has 0 aromatic heterocycles. The van der Waals surface area contributed by atoms with E-state index in [0.29, 0.717) is 12.6 Å². The van der Waals surface area contributed by atoms with Crippen LogP contribution < -0.4 is 5.73 Å². The van der Waals surface area contributed by atoms with Gasteiger partial charge >= 0.3 is 0 Å². The fourth-order valence-electron chi connectivity index (χ4n) is 4.31. The molecule has 120 valence electrons. The molecule has 2 heterocycles. The van der Waals surface area contributed by atoms with Gasteiger partial charge in [0.15, 0.2) is 0 Å². The molecular formula is C21H26N2. The maximum Gasteiger partial charge on any atom is 0.0236 e. The zero-order valence-electron chi connectivity index (χ0n) is 13.7. The second-order valence-corrected chi connectivity index (χ2v) is 7.22. The molecule has 2 aliphatic heterocycles. The van der Waals surface area contributed by atoms with Crippen molar-refractivity contribution < 1.29 is 0 Å². The van der Waals surface area contributed by atoms with Crippen LogP contribution in [-0.2, 0) is 25.9 Å². The van der Waals surface area contributed by atoms with Crippen molar-refractivity contribution in [1.82, 2.24) is 4.90 Å². The Morgan fingerprint density at radius 1 is 0.870 bits per heavy atom. The van der Waals surface area contributed by atoms with Gasteiger partial charge in [-0.15, -0.1) is 0 Å². The van der Waals surface area contributed by atoms with Gasteiger partial charge in [-0.25, -0.2) is 0 Å². The Balaban J connectivity index is 1.54. The fraction of sp³-hybridized carbons (Fsp3) is 0.429. The largest absolute Gasteiger partial charge is 0.326 e. The van der Waals surface area contributed by atoms with E-state index in [0.717, 1.165) is 12.5 Å². The molecule has 0 radical (unpaired) electrons. The molecule has 1 aliphatic carbocycles. The number of rotatable bonds is 3. The lowest BCUT2D eigenvalue weighted by Crippen LogP contribution is -2.46. The van der Waals surface area contributed by atoms with Gasteiger partial charge in [-0.05, 0) is 53.9 Å². The highest BCUT2D eigenvalue weighted by Gasteiger charge is 2.31. The number of nitrogens with zero attached hydrogens (tertiary/aromatic N) is 1. The molecule has 2 aromatic carbocycles. The Labute approximate surface area is 139 Å². The normalized spacial score (nSPS) is 24.0. The van der Waals surface area contributed by atoms with Gasteiger partial charge in [0.2, 0.25) is 0 Å². The maximum atomic E-state index is 5.71. The van der Waals surface area contributed by atoms with E-state index in [1.807, 2.05) is 0 Å². The van der Waals surface area contributed by atoms with Crippen molar-refractivity contribution in [1.29, 1.82) is 0 Å². The Hall–Kier alpha value is -1.64. The number of hydrogen-bond donors (Lipinski definition) is 1. The first-order chi connectivity index (χ1) is 11.3. The molecule has 2 aromatic rings. The molecule has 0 unspecified atom stereocenters. The Bertz CT molecular complexity index is 662. The topological polar surface area (TPSA) is 29.3 Å². The zero-order valence-corrected chi connectivity index (χ0v) is 13.7. The lowest BCUT2D eigenvalue weighted by Gasteiger charge is -2.42. The number of fused-ring (bicyclic) bond motifs is 2. The highest BCUT2D eigenvalue weighted by molar-refractivity contribution is 5.30. The highest BCUT2D eigenvalue weighted by Crippen LogP contribution is 2.33. The summed E-state index contributed by atoms with van der Waals surface area (Å²) in [6.07, 6.45) is 5.21. The quantitative estimate of drug-likeness (QED) is 0.940. The van der Waals surface area contributed by atoms with Crippen LogP contribution in [0.1, 0.15) is 35.1 Å². The third-order valence-electron chi connectivity index (χ3n) is 5.64. The maximum absolute atomic E-state index is 5.71. The van der Waals surface area contributed by atoms with Gasteiger partial charge in [0.05, 0.1) is 0 Å². The van der Waals surface area contributed by atoms with E-state index in [1.54, 1.807) is 11.1 Å². The highest BCUT2D eigenvalue weighted by atomic mass is 15.2. The van der Waals surface area contributed by atoms with Crippen LogP contribution in [0.2, 0.25) is 0 Å². The minimum absolute atomic E-state index is 0.630. The summed E-state index contributed by atoms with van der Waals surface area (Å²) >= 11 is 0. The van der Waals surface area contributed by atoms with E-state index in [4.69, 9.17) is 5.73 Å². The SMILES string of the molecule is NCc1ccc(CN2C[C@@H]3CC[C@H]2Cc2ccccc2C3)cc1. The molecule has 23 heavy (non-hydrogen) atoms. The second kappa shape index (κ2) is 6.46. The van der Waals surface area contributed by atoms with Crippen molar-refractivity contribution in [2.45, 2.75) is 44.8 Å². The molecule has 2 atom stereocenters. The minimum atomic E-state index is 0.630. The van der Waals surface area contributed by atoms with Crippen LogP contribution in [0, 0.1) is 5.92 Å². The molecule has 2 bridgehead atoms. The lowest BCUT2D eigenvalue weighted by molar-refractivity contribution is 0.0938. The summed E-state index contributed by atoms with van der Waals surface area (Å²) in [5.74, 6) is 0.816.